The van der Waals surface area contributed by atoms with Gasteiger partial charge in [-0.25, -0.2) is 9.37 Å². The maximum atomic E-state index is 13.4. The lowest BCUT2D eigenvalue weighted by atomic mass is 10.1. The lowest BCUT2D eigenvalue weighted by molar-refractivity contribution is 0.103. The highest BCUT2D eigenvalue weighted by atomic mass is 35.5. The van der Waals surface area contributed by atoms with Crippen molar-refractivity contribution in [3.8, 4) is 5.75 Å². The summed E-state index contributed by atoms with van der Waals surface area (Å²) < 4.78 is 18.5. The Balaban J connectivity index is 2.44. The fourth-order valence-corrected chi connectivity index (χ4v) is 1.69. The highest BCUT2D eigenvalue weighted by Gasteiger charge is 2.16. The summed E-state index contributed by atoms with van der Waals surface area (Å²) in [6, 6.07) is 7.09. The van der Waals surface area contributed by atoms with Gasteiger partial charge in [0.2, 0.25) is 5.78 Å². The van der Waals surface area contributed by atoms with Gasteiger partial charge in [-0.15, -0.1) is 0 Å². The molecule has 0 saturated heterocycles. The summed E-state index contributed by atoms with van der Waals surface area (Å²) in [5.74, 6) is -0.807. The first kappa shape index (κ1) is 12.5. The molecule has 1 aromatic heterocycles. The molecule has 0 aliphatic carbocycles. The second-order valence-corrected chi connectivity index (χ2v) is 3.92. The largest absolute Gasteiger partial charge is 0.495 e. The Hall–Kier alpha value is -1.94. The topological polar surface area (TPSA) is 39.2 Å². The normalized spacial score (nSPS) is 10.2. The van der Waals surface area contributed by atoms with Gasteiger partial charge >= 0.3 is 0 Å². The number of nitrogens with zero attached hydrogens (tertiary/aromatic N) is 1. The number of hydrogen-bond donors (Lipinski definition) is 0. The van der Waals surface area contributed by atoms with E-state index in [1.54, 1.807) is 0 Å². The van der Waals surface area contributed by atoms with Gasteiger partial charge in [0.15, 0.2) is 5.82 Å². The van der Waals surface area contributed by atoms with E-state index in [0.717, 1.165) is 0 Å². The summed E-state index contributed by atoms with van der Waals surface area (Å²) in [5.41, 5.74) is 0.0516. The lowest BCUT2D eigenvalue weighted by Crippen LogP contribution is -2.07. The fraction of sp³-hybridized carbons (Fsp3) is 0.0769. The SMILES string of the molecule is COc1cc(C(=O)c2ncccc2F)ccc1Cl. The van der Waals surface area contributed by atoms with Crippen LogP contribution >= 0.6 is 11.6 Å². The van der Waals surface area contributed by atoms with Crippen LogP contribution in [0.1, 0.15) is 16.1 Å². The molecule has 0 radical (unpaired) electrons. The first-order chi connectivity index (χ1) is 8.63. The van der Waals surface area contributed by atoms with Gasteiger partial charge in [0.25, 0.3) is 0 Å². The number of benzene rings is 1. The zero-order valence-electron chi connectivity index (χ0n) is 9.48. The zero-order chi connectivity index (χ0) is 13.1. The van der Waals surface area contributed by atoms with Gasteiger partial charge in [-0.2, -0.15) is 0 Å². The second-order valence-electron chi connectivity index (χ2n) is 3.51. The van der Waals surface area contributed by atoms with Gasteiger partial charge in [-0.05, 0) is 30.3 Å². The van der Waals surface area contributed by atoms with Gasteiger partial charge in [-0.1, -0.05) is 11.6 Å². The summed E-state index contributed by atoms with van der Waals surface area (Å²) in [7, 11) is 1.44. The predicted octanol–water partition coefficient (Wildman–Crippen LogP) is 3.11. The molecule has 2 aromatic rings. The Morgan fingerprint density at radius 2 is 2.17 bits per heavy atom. The maximum Gasteiger partial charge on any atom is 0.214 e. The third-order valence-electron chi connectivity index (χ3n) is 2.39. The fourth-order valence-electron chi connectivity index (χ4n) is 1.49. The summed E-state index contributed by atoms with van der Waals surface area (Å²) in [5, 5.41) is 0.385. The monoisotopic (exact) mass is 265 g/mol. The number of pyridine rings is 1. The van der Waals surface area contributed by atoms with Crippen molar-refractivity contribution in [2.24, 2.45) is 0 Å². The van der Waals surface area contributed by atoms with Crippen LogP contribution in [0.2, 0.25) is 5.02 Å². The van der Waals surface area contributed by atoms with Crippen molar-refractivity contribution >= 4 is 17.4 Å². The molecule has 0 atom stereocenters. The molecule has 0 bridgehead atoms. The molecule has 2 rings (SSSR count). The van der Waals surface area contributed by atoms with Crippen LogP contribution in [0.25, 0.3) is 0 Å². The summed E-state index contributed by atoms with van der Waals surface area (Å²) >= 11 is 5.85. The van der Waals surface area contributed by atoms with Crippen molar-refractivity contribution in [3.05, 3.63) is 58.6 Å². The van der Waals surface area contributed by atoms with E-state index in [1.807, 2.05) is 0 Å². The van der Waals surface area contributed by atoms with E-state index >= 15 is 0 Å². The number of methoxy groups -OCH3 is 1. The molecule has 0 aliphatic rings. The molecule has 1 heterocycles. The molecule has 0 N–H and O–H groups in total. The summed E-state index contributed by atoms with van der Waals surface area (Å²) in [4.78, 5) is 15.8. The van der Waals surface area contributed by atoms with Gasteiger partial charge < -0.3 is 4.74 Å². The molecular formula is C13H9ClFNO2. The van der Waals surface area contributed by atoms with Crippen LogP contribution in [0.5, 0.6) is 5.75 Å². The average molecular weight is 266 g/mol. The first-order valence-corrected chi connectivity index (χ1v) is 5.50. The Bertz CT molecular complexity index is 601. The number of hydrogen-bond acceptors (Lipinski definition) is 3. The highest BCUT2D eigenvalue weighted by molar-refractivity contribution is 6.32. The van der Waals surface area contributed by atoms with E-state index in [-0.39, 0.29) is 11.3 Å². The van der Waals surface area contributed by atoms with Crippen LogP contribution in [-0.4, -0.2) is 17.9 Å². The predicted molar refractivity (Wildman–Crippen MR) is 65.6 cm³/mol. The summed E-state index contributed by atoms with van der Waals surface area (Å²) in [6.45, 7) is 0. The Kier molecular flexibility index (Phi) is 3.58. The molecule has 18 heavy (non-hydrogen) atoms. The van der Waals surface area contributed by atoms with Gasteiger partial charge in [0.1, 0.15) is 11.4 Å². The molecule has 0 saturated carbocycles. The minimum atomic E-state index is -0.656. The zero-order valence-corrected chi connectivity index (χ0v) is 10.2. The average Bonchev–Trinajstić information content (AvgIpc) is 2.39. The molecule has 1 aromatic carbocycles. The van der Waals surface area contributed by atoms with E-state index in [1.165, 1.54) is 43.6 Å². The van der Waals surface area contributed by atoms with Crippen molar-refractivity contribution < 1.29 is 13.9 Å². The third kappa shape index (κ3) is 2.33. The van der Waals surface area contributed by atoms with Crippen LogP contribution in [0.3, 0.4) is 0 Å². The van der Waals surface area contributed by atoms with Crippen LogP contribution < -0.4 is 4.74 Å². The standard InChI is InChI=1S/C13H9ClFNO2/c1-18-11-7-8(4-5-9(11)14)13(17)12-10(15)3-2-6-16-12/h2-7H,1H3. The molecule has 5 heteroatoms. The number of carbonyl (C=O) groups is 1. The molecule has 0 amide bonds. The Labute approximate surface area is 108 Å². The van der Waals surface area contributed by atoms with Crippen molar-refractivity contribution in [3.63, 3.8) is 0 Å². The van der Waals surface area contributed by atoms with Crippen molar-refractivity contribution in [2.45, 2.75) is 0 Å². The van der Waals surface area contributed by atoms with Crippen LogP contribution in [0.15, 0.2) is 36.5 Å². The Morgan fingerprint density at radius 1 is 1.39 bits per heavy atom. The molecule has 3 nitrogen and oxygen atoms in total. The van der Waals surface area contributed by atoms with E-state index in [2.05, 4.69) is 4.98 Å². The smallest absolute Gasteiger partial charge is 0.214 e. The van der Waals surface area contributed by atoms with E-state index in [0.29, 0.717) is 10.8 Å². The number of aromatic nitrogens is 1. The number of ketones is 1. The number of carbonyl (C=O) groups excluding carboxylic acids is 1. The highest BCUT2D eigenvalue weighted by Crippen LogP contribution is 2.26. The van der Waals surface area contributed by atoms with Gasteiger partial charge in [-0.3, -0.25) is 4.79 Å². The molecule has 92 valence electrons. The van der Waals surface area contributed by atoms with Gasteiger partial charge in [0.05, 0.1) is 12.1 Å². The third-order valence-corrected chi connectivity index (χ3v) is 2.70. The molecule has 0 fully saturated rings. The van der Waals surface area contributed by atoms with Crippen LogP contribution in [0, 0.1) is 5.82 Å². The quantitative estimate of drug-likeness (QED) is 0.801. The molecule has 0 unspecified atom stereocenters. The Morgan fingerprint density at radius 3 is 2.83 bits per heavy atom. The lowest BCUT2D eigenvalue weighted by Gasteiger charge is -2.06. The number of rotatable bonds is 3. The van der Waals surface area contributed by atoms with E-state index in [4.69, 9.17) is 16.3 Å². The summed E-state index contributed by atoms with van der Waals surface area (Å²) in [6.07, 6.45) is 1.36. The van der Waals surface area contributed by atoms with E-state index in [9.17, 15) is 9.18 Å². The minimum Gasteiger partial charge on any atom is -0.495 e. The maximum absolute atomic E-state index is 13.4. The molecule has 0 spiro atoms. The van der Waals surface area contributed by atoms with Crippen molar-refractivity contribution in [1.29, 1.82) is 0 Å². The number of ether oxygens (including phenoxy) is 1. The molecule has 0 aliphatic heterocycles. The van der Waals surface area contributed by atoms with Crippen molar-refractivity contribution in [2.75, 3.05) is 7.11 Å². The van der Waals surface area contributed by atoms with Crippen LogP contribution in [0.4, 0.5) is 4.39 Å². The minimum absolute atomic E-state index is 0.220. The van der Waals surface area contributed by atoms with Crippen molar-refractivity contribution in [1.82, 2.24) is 4.98 Å². The van der Waals surface area contributed by atoms with Crippen LogP contribution in [-0.2, 0) is 0 Å². The second kappa shape index (κ2) is 5.14. The first-order valence-electron chi connectivity index (χ1n) is 5.12. The van der Waals surface area contributed by atoms with E-state index < -0.39 is 11.6 Å². The number of halogens is 2. The van der Waals surface area contributed by atoms with Gasteiger partial charge in [0, 0.05) is 11.8 Å². The molecular weight excluding hydrogens is 257 g/mol.